The second-order valence-electron chi connectivity index (χ2n) is 5.80. The van der Waals surface area contributed by atoms with Crippen molar-refractivity contribution in [3.05, 3.63) is 29.6 Å². The van der Waals surface area contributed by atoms with E-state index >= 15 is 0 Å². The van der Waals surface area contributed by atoms with Crippen LogP contribution in [0.25, 0.3) is 0 Å². The summed E-state index contributed by atoms with van der Waals surface area (Å²) in [5.74, 6) is 0.201. The first-order valence-corrected chi connectivity index (χ1v) is 7.46. The maximum Gasteiger partial charge on any atom is 0.143 e. The lowest BCUT2D eigenvalue weighted by atomic mass is 9.89. The van der Waals surface area contributed by atoms with Crippen LogP contribution in [0.4, 0.5) is 10.1 Å². The van der Waals surface area contributed by atoms with E-state index < -0.39 is 5.82 Å². The van der Waals surface area contributed by atoms with Gasteiger partial charge in [-0.05, 0) is 50.3 Å². The molecule has 3 nitrogen and oxygen atoms in total. The molecule has 2 unspecified atom stereocenters. The van der Waals surface area contributed by atoms with Crippen molar-refractivity contribution >= 4 is 5.69 Å². The number of halogens is 1. The summed E-state index contributed by atoms with van der Waals surface area (Å²) >= 11 is 0. The summed E-state index contributed by atoms with van der Waals surface area (Å²) in [5.41, 5.74) is 0.947. The Morgan fingerprint density at radius 2 is 2.20 bits per heavy atom. The van der Waals surface area contributed by atoms with Crippen LogP contribution in [-0.4, -0.2) is 25.7 Å². The number of hydrogen-bond acceptors (Lipinski definition) is 3. The largest absolute Gasteiger partial charge is 0.370 e. The minimum atomic E-state index is -0.411. The van der Waals surface area contributed by atoms with Crippen LogP contribution in [0.5, 0.6) is 0 Å². The second-order valence-corrected chi connectivity index (χ2v) is 5.80. The van der Waals surface area contributed by atoms with Crippen LogP contribution in [0.3, 0.4) is 0 Å². The smallest absolute Gasteiger partial charge is 0.143 e. The molecule has 0 bridgehead atoms. The summed E-state index contributed by atoms with van der Waals surface area (Å²) in [6.07, 6.45) is 4.84. The quantitative estimate of drug-likeness (QED) is 0.900. The molecule has 2 aliphatic rings. The van der Waals surface area contributed by atoms with Gasteiger partial charge in [-0.15, -0.1) is 0 Å². The molecule has 0 aromatic heterocycles. The average molecular weight is 273 g/mol. The lowest BCUT2D eigenvalue weighted by molar-refractivity contribution is 0.328. The molecular weight excluding hydrogens is 253 g/mol. The number of anilines is 1. The Balaban J connectivity index is 1.80. The molecule has 106 valence electrons. The average Bonchev–Trinajstić information content (AvgIpc) is 3.01. The molecule has 4 heteroatoms. The van der Waals surface area contributed by atoms with Gasteiger partial charge in [-0.2, -0.15) is 5.26 Å². The lowest BCUT2D eigenvalue weighted by Gasteiger charge is -2.37. The van der Waals surface area contributed by atoms with Crippen molar-refractivity contribution < 1.29 is 4.39 Å². The summed E-state index contributed by atoms with van der Waals surface area (Å²) < 4.78 is 13.7. The molecule has 2 saturated heterocycles. The predicted molar refractivity (Wildman–Crippen MR) is 77.1 cm³/mol. The van der Waals surface area contributed by atoms with Gasteiger partial charge in [0.1, 0.15) is 17.4 Å². The van der Waals surface area contributed by atoms with Gasteiger partial charge in [0.05, 0.1) is 5.69 Å². The van der Waals surface area contributed by atoms with Crippen molar-refractivity contribution in [3.8, 4) is 6.07 Å². The fourth-order valence-electron chi connectivity index (χ4n) is 3.56. The maximum atomic E-state index is 13.7. The SMILES string of the molecule is N#Cc1c(F)cccc1N1CCCC(C2CCCN2)C1. The van der Waals surface area contributed by atoms with E-state index in [1.54, 1.807) is 6.07 Å². The van der Waals surface area contributed by atoms with Crippen molar-refractivity contribution in [2.45, 2.75) is 31.7 Å². The van der Waals surface area contributed by atoms with Crippen LogP contribution in [0, 0.1) is 23.1 Å². The Hall–Kier alpha value is -1.60. The third-order valence-corrected chi connectivity index (χ3v) is 4.57. The molecular formula is C16H20FN3. The Kier molecular flexibility index (Phi) is 3.88. The summed E-state index contributed by atoms with van der Waals surface area (Å²) in [6.45, 7) is 2.96. The molecule has 0 spiro atoms. The molecule has 2 atom stereocenters. The molecule has 0 saturated carbocycles. The van der Waals surface area contributed by atoms with Crippen LogP contribution < -0.4 is 10.2 Å². The first kappa shape index (κ1) is 13.4. The topological polar surface area (TPSA) is 39.1 Å². The van der Waals surface area contributed by atoms with Gasteiger partial charge in [0.2, 0.25) is 0 Å². The highest BCUT2D eigenvalue weighted by Gasteiger charge is 2.30. The summed E-state index contributed by atoms with van der Waals surface area (Å²) in [4.78, 5) is 2.19. The number of hydrogen-bond donors (Lipinski definition) is 1. The Morgan fingerprint density at radius 1 is 1.30 bits per heavy atom. The van der Waals surface area contributed by atoms with Crippen molar-refractivity contribution in [1.29, 1.82) is 5.26 Å². The molecule has 2 fully saturated rings. The summed E-state index contributed by atoms with van der Waals surface area (Å²) in [7, 11) is 0. The number of nitriles is 1. The minimum absolute atomic E-state index is 0.188. The van der Waals surface area contributed by atoms with Crippen molar-refractivity contribution in [2.24, 2.45) is 5.92 Å². The van der Waals surface area contributed by atoms with Gasteiger partial charge < -0.3 is 10.2 Å². The van der Waals surface area contributed by atoms with Crippen molar-refractivity contribution in [3.63, 3.8) is 0 Å². The van der Waals surface area contributed by atoms with Gasteiger partial charge in [0.25, 0.3) is 0 Å². The minimum Gasteiger partial charge on any atom is -0.370 e. The number of benzene rings is 1. The normalized spacial score (nSPS) is 26.5. The number of rotatable bonds is 2. The summed E-state index contributed by atoms with van der Waals surface area (Å²) in [5, 5.41) is 12.8. The van der Waals surface area contributed by atoms with Gasteiger partial charge in [-0.1, -0.05) is 6.07 Å². The highest BCUT2D eigenvalue weighted by Crippen LogP contribution is 2.30. The van der Waals surface area contributed by atoms with Crippen LogP contribution in [0.2, 0.25) is 0 Å². The molecule has 1 N–H and O–H groups in total. The Morgan fingerprint density at radius 3 is 2.95 bits per heavy atom. The van der Waals surface area contributed by atoms with E-state index in [1.165, 1.54) is 25.3 Å². The van der Waals surface area contributed by atoms with E-state index in [0.717, 1.165) is 31.7 Å². The number of nitrogens with one attached hydrogen (secondary N) is 1. The second kappa shape index (κ2) is 5.80. The first-order valence-electron chi connectivity index (χ1n) is 7.46. The van der Waals surface area contributed by atoms with E-state index in [2.05, 4.69) is 10.2 Å². The molecule has 1 aromatic carbocycles. The van der Waals surface area contributed by atoms with Gasteiger partial charge in [0, 0.05) is 19.1 Å². The lowest BCUT2D eigenvalue weighted by Crippen LogP contribution is -2.43. The first-order chi connectivity index (χ1) is 9.79. The van der Waals surface area contributed by atoms with E-state index in [4.69, 9.17) is 0 Å². The predicted octanol–water partition coefficient (Wildman–Crippen LogP) is 2.67. The van der Waals surface area contributed by atoms with Crippen LogP contribution in [0.15, 0.2) is 18.2 Å². The zero-order chi connectivity index (χ0) is 13.9. The number of nitrogens with zero attached hydrogens (tertiary/aromatic N) is 2. The Labute approximate surface area is 119 Å². The fraction of sp³-hybridized carbons (Fsp3) is 0.562. The third kappa shape index (κ3) is 2.51. The van der Waals surface area contributed by atoms with E-state index in [0.29, 0.717) is 12.0 Å². The highest BCUT2D eigenvalue weighted by atomic mass is 19.1. The van der Waals surface area contributed by atoms with E-state index in [1.807, 2.05) is 12.1 Å². The molecule has 0 radical (unpaired) electrons. The zero-order valence-corrected chi connectivity index (χ0v) is 11.6. The van der Waals surface area contributed by atoms with Crippen LogP contribution in [-0.2, 0) is 0 Å². The van der Waals surface area contributed by atoms with Crippen LogP contribution >= 0.6 is 0 Å². The van der Waals surface area contributed by atoms with Crippen molar-refractivity contribution in [2.75, 3.05) is 24.5 Å². The standard InChI is InChI=1S/C16H20FN3/c17-14-5-1-7-16(13(14)10-18)20-9-3-4-12(11-20)15-6-2-8-19-15/h1,5,7,12,15,19H,2-4,6,8-9,11H2. The van der Waals surface area contributed by atoms with E-state index in [-0.39, 0.29) is 5.56 Å². The Bertz CT molecular complexity index is 517. The monoisotopic (exact) mass is 273 g/mol. The maximum absolute atomic E-state index is 13.7. The van der Waals surface area contributed by atoms with Crippen LogP contribution in [0.1, 0.15) is 31.2 Å². The third-order valence-electron chi connectivity index (χ3n) is 4.57. The number of piperidine rings is 1. The highest BCUT2D eigenvalue weighted by molar-refractivity contribution is 5.60. The fourth-order valence-corrected chi connectivity index (χ4v) is 3.56. The molecule has 2 heterocycles. The zero-order valence-electron chi connectivity index (χ0n) is 11.6. The molecule has 0 aliphatic carbocycles. The van der Waals surface area contributed by atoms with Gasteiger partial charge in [0.15, 0.2) is 0 Å². The van der Waals surface area contributed by atoms with Gasteiger partial charge >= 0.3 is 0 Å². The van der Waals surface area contributed by atoms with Crippen molar-refractivity contribution in [1.82, 2.24) is 5.32 Å². The molecule has 20 heavy (non-hydrogen) atoms. The molecule has 1 aromatic rings. The van der Waals surface area contributed by atoms with Gasteiger partial charge in [-0.25, -0.2) is 4.39 Å². The molecule has 2 aliphatic heterocycles. The summed E-state index contributed by atoms with van der Waals surface area (Å²) in [6, 6.07) is 7.54. The van der Waals surface area contributed by atoms with Gasteiger partial charge in [-0.3, -0.25) is 0 Å². The van der Waals surface area contributed by atoms with E-state index in [9.17, 15) is 9.65 Å². The molecule has 3 rings (SSSR count). The molecule has 0 amide bonds.